The molecule has 21 heavy (non-hydrogen) atoms. The fourth-order valence-corrected chi connectivity index (χ4v) is 0.894. The van der Waals surface area contributed by atoms with E-state index in [1.54, 1.807) is 6.92 Å². The van der Waals surface area contributed by atoms with Gasteiger partial charge in [-0.05, 0) is 26.0 Å². The zero-order chi connectivity index (χ0) is 16.1. The smallest absolute Gasteiger partial charge is 0.432 e. The third-order valence-corrected chi connectivity index (χ3v) is 2.04. The molecule has 0 heterocycles. The van der Waals surface area contributed by atoms with Gasteiger partial charge < -0.3 is 28.8 Å². The molecule has 0 radical (unpaired) electrons. The molecule has 2 unspecified atom stereocenters. The molecule has 8 nitrogen and oxygen atoms in total. The van der Waals surface area contributed by atoms with Crippen molar-refractivity contribution < 1.29 is 38.4 Å². The molecule has 0 fully saturated rings. The van der Waals surface area contributed by atoms with Gasteiger partial charge in [-0.25, -0.2) is 9.59 Å². The van der Waals surface area contributed by atoms with Gasteiger partial charge in [-0.3, -0.25) is 0 Å². The van der Waals surface area contributed by atoms with Crippen molar-refractivity contribution in [1.29, 1.82) is 0 Å². The zero-order valence-electron chi connectivity index (χ0n) is 12.4. The summed E-state index contributed by atoms with van der Waals surface area (Å²) < 4.78 is 23.5. The van der Waals surface area contributed by atoms with Gasteiger partial charge in [0.1, 0.15) is 26.4 Å². The van der Waals surface area contributed by atoms with Gasteiger partial charge in [0.25, 0.3) is 0 Å². The predicted molar refractivity (Wildman–Crippen MR) is 71.9 cm³/mol. The van der Waals surface area contributed by atoms with Gasteiger partial charge in [0.15, 0.2) is 0 Å². The Labute approximate surface area is 123 Å². The summed E-state index contributed by atoms with van der Waals surface area (Å²) in [5.74, 6) is 0. The Morgan fingerprint density at radius 3 is 1.86 bits per heavy atom. The number of aliphatic hydroxyl groups excluding tert-OH is 1. The molecule has 2 atom stereocenters. The Kier molecular flexibility index (Phi) is 11.0. The molecule has 0 saturated heterocycles. The molecule has 1 N–H and O–H groups in total. The summed E-state index contributed by atoms with van der Waals surface area (Å²) in [5, 5.41) is 8.87. The normalized spacial score (nSPS) is 13.5. The van der Waals surface area contributed by atoms with E-state index in [2.05, 4.69) is 9.47 Å². The van der Waals surface area contributed by atoms with Gasteiger partial charge in [-0.15, -0.1) is 0 Å². The molecule has 0 bridgehead atoms. The van der Waals surface area contributed by atoms with Crippen LogP contribution in [0.15, 0.2) is 12.2 Å². The fourth-order valence-electron chi connectivity index (χ4n) is 0.894. The lowest BCUT2D eigenvalue weighted by atomic mass is 10.4. The highest BCUT2D eigenvalue weighted by molar-refractivity contribution is 5.60. The first-order chi connectivity index (χ1) is 9.95. The summed E-state index contributed by atoms with van der Waals surface area (Å²) in [6, 6.07) is 0. The van der Waals surface area contributed by atoms with E-state index >= 15 is 0 Å². The van der Waals surface area contributed by atoms with E-state index in [4.69, 9.17) is 19.3 Å². The quantitative estimate of drug-likeness (QED) is 0.502. The molecular formula is C13H22O8. The van der Waals surface area contributed by atoms with Crippen molar-refractivity contribution in [2.45, 2.75) is 26.1 Å². The van der Waals surface area contributed by atoms with Crippen LogP contribution in [-0.4, -0.2) is 63.2 Å². The van der Waals surface area contributed by atoms with Crippen LogP contribution < -0.4 is 0 Å². The maximum Gasteiger partial charge on any atom is 0.508 e. The van der Waals surface area contributed by atoms with Gasteiger partial charge in [-0.2, -0.15) is 0 Å². The molecule has 0 aromatic rings. The first-order valence-electron chi connectivity index (χ1n) is 6.40. The number of carbonyl (C=O) groups is 2. The summed E-state index contributed by atoms with van der Waals surface area (Å²) in [6.45, 7) is 3.18. The van der Waals surface area contributed by atoms with Crippen LogP contribution in [0.3, 0.4) is 0 Å². The van der Waals surface area contributed by atoms with E-state index in [9.17, 15) is 9.59 Å². The van der Waals surface area contributed by atoms with Crippen LogP contribution >= 0.6 is 0 Å². The van der Waals surface area contributed by atoms with E-state index in [0.717, 1.165) is 0 Å². The first-order valence-corrected chi connectivity index (χ1v) is 6.40. The van der Waals surface area contributed by atoms with E-state index in [1.165, 1.54) is 26.2 Å². The SMILES string of the molecule is COC(C)COC(=O)OC/C=C/COC(=O)OCC(C)O. The Balaban J connectivity index is 3.55. The summed E-state index contributed by atoms with van der Waals surface area (Å²) >= 11 is 0. The van der Waals surface area contributed by atoms with Crippen LogP contribution in [0.4, 0.5) is 9.59 Å². The number of hydrogen-bond acceptors (Lipinski definition) is 8. The van der Waals surface area contributed by atoms with Crippen LogP contribution in [0.1, 0.15) is 13.8 Å². The summed E-state index contributed by atoms with van der Waals surface area (Å²) in [5.41, 5.74) is 0. The second-order valence-electron chi connectivity index (χ2n) is 4.11. The van der Waals surface area contributed by atoms with Crippen molar-refractivity contribution in [2.75, 3.05) is 33.5 Å². The summed E-state index contributed by atoms with van der Waals surface area (Å²) in [4.78, 5) is 22.0. The first kappa shape index (κ1) is 19.2. The number of carbonyl (C=O) groups excluding carboxylic acids is 2. The van der Waals surface area contributed by atoms with Gasteiger partial charge in [0.05, 0.1) is 12.2 Å². The molecule has 0 rings (SSSR count). The number of ether oxygens (including phenoxy) is 5. The van der Waals surface area contributed by atoms with Crippen LogP contribution in [0.2, 0.25) is 0 Å². The maximum absolute atomic E-state index is 11.1. The lowest BCUT2D eigenvalue weighted by molar-refractivity contribution is 0.0125. The highest BCUT2D eigenvalue weighted by Gasteiger charge is 2.06. The lowest BCUT2D eigenvalue weighted by Gasteiger charge is -2.09. The number of aliphatic hydroxyl groups is 1. The predicted octanol–water partition coefficient (Wildman–Crippen LogP) is 1.26. The Morgan fingerprint density at radius 1 is 0.952 bits per heavy atom. The minimum atomic E-state index is -0.880. The van der Waals surface area contributed by atoms with E-state index in [-0.39, 0.29) is 32.5 Å². The van der Waals surface area contributed by atoms with Crippen LogP contribution in [-0.2, 0) is 23.7 Å². The van der Waals surface area contributed by atoms with Crippen molar-refractivity contribution in [2.24, 2.45) is 0 Å². The maximum atomic E-state index is 11.1. The highest BCUT2D eigenvalue weighted by atomic mass is 16.7. The minimum Gasteiger partial charge on any atom is -0.432 e. The Bertz CT molecular complexity index is 326. The van der Waals surface area contributed by atoms with Gasteiger partial charge in [0.2, 0.25) is 0 Å². The lowest BCUT2D eigenvalue weighted by Crippen LogP contribution is -2.18. The van der Waals surface area contributed by atoms with Crippen molar-refractivity contribution in [3.63, 3.8) is 0 Å². The van der Waals surface area contributed by atoms with Crippen LogP contribution in [0, 0.1) is 0 Å². The largest absolute Gasteiger partial charge is 0.508 e. The molecule has 0 aliphatic heterocycles. The number of rotatable bonds is 9. The topological polar surface area (TPSA) is 101 Å². The molecule has 0 aromatic heterocycles. The molecule has 8 heteroatoms. The molecule has 0 aliphatic rings. The molecule has 0 aliphatic carbocycles. The standard InChI is InChI=1S/C13H22O8/c1-10(14)8-20-12(15)18-6-4-5-7-19-13(16)21-9-11(2)17-3/h4-5,10-11,14H,6-9H2,1-3H3/b5-4+. The molecule has 122 valence electrons. The van der Waals surface area contributed by atoms with Crippen LogP contribution in [0.5, 0.6) is 0 Å². The average molecular weight is 306 g/mol. The summed E-state index contributed by atoms with van der Waals surface area (Å²) in [6.07, 6.45) is 0.343. The van der Waals surface area contributed by atoms with Crippen molar-refractivity contribution in [3.05, 3.63) is 12.2 Å². The van der Waals surface area contributed by atoms with Crippen molar-refractivity contribution in [1.82, 2.24) is 0 Å². The third-order valence-electron chi connectivity index (χ3n) is 2.04. The molecule has 0 saturated carbocycles. The second kappa shape index (κ2) is 12.0. The van der Waals surface area contributed by atoms with E-state index in [0.29, 0.717) is 0 Å². The molecule has 0 aromatic carbocycles. The Hall–Kier alpha value is -1.80. The highest BCUT2D eigenvalue weighted by Crippen LogP contribution is 1.93. The third kappa shape index (κ3) is 13.0. The molecule has 0 amide bonds. The van der Waals surface area contributed by atoms with E-state index < -0.39 is 18.4 Å². The fraction of sp³-hybridized carbons (Fsp3) is 0.692. The summed E-state index contributed by atoms with van der Waals surface area (Å²) in [7, 11) is 1.51. The second-order valence-corrected chi connectivity index (χ2v) is 4.11. The zero-order valence-corrected chi connectivity index (χ0v) is 12.4. The molecule has 0 spiro atoms. The Morgan fingerprint density at radius 2 is 1.43 bits per heavy atom. The van der Waals surface area contributed by atoms with Gasteiger partial charge in [-0.1, -0.05) is 0 Å². The average Bonchev–Trinajstić information content (AvgIpc) is 2.45. The van der Waals surface area contributed by atoms with Crippen molar-refractivity contribution in [3.8, 4) is 0 Å². The molecular weight excluding hydrogens is 284 g/mol. The van der Waals surface area contributed by atoms with Gasteiger partial charge in [0, 0.05) is 7.11 Å². The number of hydrogen-bond donors (Lipinski definition) is 1. The van der Waals surface area contributed by atoms with Crippen molar-refractivity contribution >= 4 is 12.3 Å². The monoisotopic (exact) mass is 306 g/mol. The van der Waals surface area contributed by atoms with E-state index in [1.807, 2.05) is 0 Å². The van der Waals surface area contributed by atoms with Gasteiger partial charge >= 0.3 is 12.3 Å². The minimum absolute atomic E-state index is 0.00766. The van der Waals surface area contributed by atoms with Crippen LogP contribution in [0.25, 0.3) is 0 Å². The number of methoxy groups -OCH3 is 1.